The molecule has 0 bridgehead atoms. The van der Waals surface area contributed by atoms with Gasteiger partial charge in [-0.3, -0.25) is 4.79 Å². The summed E-state index contributed by atoms with van der Waals surface area (Å²) in [7, 11) is 0. The molecule has 4 N–H and O–H groups in total. The van der Waals surface area contributed by atoms with Gasteiger partial charge in [0.05, 0.1) is 0 Å². The highest BCUT2D eigenvalue weighted by molar-refractivity contribution is 5.78. The molecule has 1 saturated carbocycles. The number of rotatable bonds is 1. The first kappa shape index (κ1) is 15.7. The lowest BCUT2D eigenvalue weighted by atomic mass is 9.83. The van der Waals surface area contributed by atoms with Crippen LogP contribution in [0.1, 0.15) is 32.1 Å². The van der Waals surface area contributed by atoms with Crippen LogP contribution in [0.5, 0.6) is 0 Å². The molecule has 1 fully saturated rings. The predicted octanol–water partition coefficient (Wildman–Crippen LogP) is 1.37. The number of hydrogen-bond donors (Lipinski definition) is 3. The third kappa shape index (κ3) is 5.53. The fourth-order valence-electron chi connectivity index (χ4n) is 1.40. The normalized spacial score (nSPS) is 18.8. The van der Waals surface area contributed by atoms with Crippen molar-refractivity contribution < 1.29 is 33.0 Å². The Hall–Kier alpha value is -1.31. The van der Waals surface area contributed by atoms with E-state index in [-0.39, 0.29) is 0 Å². The highest BCUT2D eigenvalue weighted by Gasteiger charge is 2.38. The Morgan fingerprint density at radius 3 is 1.59 bits per heavy atom. The molecule has 1 aliphatic rings. The van der Waals surface area contributed by atoms with Crippen LogP contribution in [0.25, 0.3) is 0 Å². The summed E-state index contributed by atoms with van der Waals surface area (Å²) in [5.41, 5.74) is 4.70. The van der Waals surface area contributed by atoms with Crippen molar-refractivity contribution >= 4 is 11.9 Å². The van der Waals surface area contributed by atoms with E-state index in [1.165, 1.54) is 0 Å². The molecule has 1 rings (SSSR count). The van der Waals surface area contributed by atoms with E-state index in [1.807, 2.05) is 0 Å². The summed E-state index contributed by atoms with van der Waals surface area (Å²) >= 11 is 0. The molecule has 100 valence electrons. The van der Waals surface area contributed by atoms with Crippen LogP contribution < -0.4 is 5.73 Å². The zero-order valence-corrected chi connectivity index (χ0v) is 8.96. The monoisotopic (exact) mass is 257 g/mol. The zero-order valence-electron chi connectivity index (χ0n) is 8.96. The molecule has 17 heavy (non-hydrogen) atoms. The maximum absolute atomic E-state index is 10.6. The Morgan fingerprint density at radius 1 is 1.06 bits per heavy atom. The number of hydrogen-bond acceptors (Lipinski definition) is 3. The molecule has 0 saturated heterocycles. The topological polar surface area (TPSA) is 101 Å². The maximum Gasteiger partial charge on any atom is 0.490 e. The lowest BCUT2D eigenvalue weighted by molar-refractivity contribution is -0.192. The van der Waals surface area contributed by atoms with Crippen molar-refractivity contribution in [1.29, 1.82) is 0 Å². The van der Waals surface area contributed by atoms with Gasteiger partial charge in [-0.05, 0) is 12.8 Å². The van der Waals surface area contributed by atoms with Crippen molar-refractivity contribution in [3.05, 3.63) is 0 Å². The van der Waals surface area contributed by atoms with Crippen molar-refractivity contribution in [3.8, 4) is 0 Å². The molecular formula is C9H14F3NO4. The zero-order chi connectivity index (χ0) is 13.7. The first-order valence-corrected chi connectivity index (χ1v) is 4.92. The van der Waals surface area contributed by atoms with E-state index >= 15 is 0 Å². The molecule has 0 heterocycles. The second-order valence-electron chi connectivity index (χ2n) is 3.82. The second-order valence-corrected chi connectivity index (χ2v) is 3.82. The molecule has 0 aromatic rings. The van der Waals surface area contributed by atoms with E-state index in [2.05, 4.69) is 0 Å². The van der Waals surface area contributed by atoms with Crippen molar-refractivity contribution in [3.63, 3.8) is 0 Å². The Bertz CT molecular complexity index is 284. The fraction of sp³-hybridized carbons (Fsp3) is 0.778. The molecule has 0 aromatic heterocycles. The van der Waals surface area contributed by atoms with Gasteiger partial charge < -0.3 is 15.9 Å². The van der Waals surface area contributed by atoms with Gasteiger partial charge in [0.25, 0.3) is 0 Å². The molecule has 0 radical (unpaired) electrons. The minimum Gasteiger partial charge on any atom is -0.480 e. The number of carboxylic acid groups (broad SMARTS) is 2. The third-order valence-corrected chi connectivity index (χ3v) is 2.41. The van der Waals surface area contributed by atoms with Crippen molar-refractivity contribution in [1.82, 2.24) is 0 Å². The van der Waals surface area contributed by atoms with Crippen LogP contribution in [-0.4, -0.2) is 33.9 Å². The summed E-state index contributed by atoms with van der Waals surface area (Å²) in [6.07, 6.45) is -0.748. The summed E-state index contributed by atoms with van der Waals surface area (Å²) in [5, 5.41) is 15.8. The van der Waals surface area contributed by atoms with Crippen LogP contribution in [0, 0.1) is 0 Å². The number of nitrogens with two attached hydrogens (primary N) is 1. The summed E-state index contributed by atoms with van der Waals surface area (Å²) < 4.78 is 31.7. The average molecular weight is 257 g/mol. The first-order valence-electron chi connectivity index (χ1n) is 4.92. The van der Waals surface area contributed by atoms with Crippen LogP contribution in [0.3, 0.4) is 0 Å². The minimum absolute atomic E-state index is 0.641. The van der Waals surface area contributed by atoms with Gasteiger partial charge in [-0.15, -0.1) is 0 Å². The van der Waals surface area contributed by atoms with E-state index in [9.17, 15) is 18.0 Å². The van der Waals surface area contributed by atoms with Crippen LogP contribution in [-0.2, 0) is 9.59 Å². The van der Waals surface area contributed by atoms with Crippen molar-refractivity contribution in [2.24, 2.45) is 5.73 Å². The summed E-state index contributed by atoms with van der Waals surface area (Å²) in [4.78, 5) is 19.4. The SMILES string of the molecule is NC1(C(=O)O)CCCCC1.O=C(O)C(F)(F)F. The standard InChI is InChI=1S/C7H13NO2.C2HF3O2/c8-7(6(9)10)4-2-1-3-5-7;3-2(4,5)1(6)7/h1-5,8H2,(H,9,10);(H,6,7). The number of halogens is 3. The summed E-state index contributed by atoms with van der Waals surface area (Å²) in [6.45, 7) is 0. The Labute approximate surface area is 95.4 Å². The fourth-order valence-corrected chi connectivity index (χ4v) is 1.40. The molecule has 0 spiro atoms. The van der Waals surface area contributed by atoms with Gasteiger partial charge >= 0.3 is 18.1 Å². The highest BCUT2D eigenvalue weighted by atomic mass is 19.4. The smallest absolute Gasteiger partial charge is 0.480 e. The number of aliphatic carboxylic acids is 2. The van der Waals surface area contributed by atoms with E-state index in [1.54, 1.807) is 0 Å². The average Bonchev–Trinajstić information content (AvgIpc) is 2.18. The highest BCUT2D eigenvalue weighted by Crippen LogP contribution is 2.25. The molecule has 0 unspecified atom stereocenters. The van der Waals surface area contributed by atoms with E-state index in [0.717, 1.165) is 19.3 Å². The Balaban J connectivity index is 0.000000325. The van der Waals surface area contributed by atoms with E-state index < -0.39 is 23.7 Å². The molecule has 0 atom stereocenters. The third-order valence-electron chi connectivity index (χ3n) is 2.41. The van der Waals surface area contributed by atoms with Crippen LogP contribution in [0.4, 0.5) is 13.2 Å². The van der Waals surface area contributed by atoms with E-state index in [4.69, 9.17) is 20.7 Å². The van der Waals surface area contributed by atoms with Gasteiger partial charge in [0.1, 0.15) is 5.54 Å². The first-order chi connectivity index (χ1) is 7.59. The number of carbonyl (C=O) groups is 2. The number of alkyl halides is 3. The number of carboxylic acids is 2. The van der Waals surface area contributed by atoms with Gasteiger partial charge in [0.15, 0.2) is 0 Å². The quantitative estimate of drug-likeness (QED) is 0.658. The largest absolute Gasteiger partial charge is 0.490 e. The van der Waals surface area contributed by atoms with Crippen LogP contribution >= 0.6 is 0 Å². The predicted molar refractivity (Wildman–Crippen MR) is 51.3 cm³/mol. The van der Waals surface area contributed by atoms with Gasteiger partial charge in [-0.2, -0.15) is 13.2 Å². The van der Waals surface area contributed by atoms with Gasteiger partial charge in [0, 0.05) is 0 Å². The van der Waals surface area contributed by atoms with Crippen molar-refractivity contribution in [2.75, 3.05) is 0 Å². The van der Waals surface area contributed by atoms with E-state index in [0.29, 0.717) is 12.8 Å². The Morgan fingerprint density at radius 2 is 1.41 bits per heavy atom. The molecular weight excluding hydrogens is 243 g/mol. The van der Waals surface area contributed by atoms with Crippen LogP contribution in [0.15, 0.2) is 0 Å². The molecule has 0 amide bonds. The second kappa shape index (κ2) is 5.85. The van der Waals surface area contributed by atoms with Gasteiger partial charge in [-0.1, -0.05) is 19.3 Å². The maximum atomic E-state index is 10.6. The van der Waals surface area contributed by atoms with Crippen LogP contribution in [0.2, 0.25) is 0 Å². The van der Waals surface area contributed by atoms with Crippen molar-refractivity contribution in [2.45, 2.75) is 43.8 Å². The molecule has 0 aliphatic heterocycles. The van der Waals surface area contributed by atoms with Gasteiger partial charge in [0.2, 0.25) is 0 Å². The summed E-state index contributed by atoms with van der Waals surface area (Å²) in [6, 6.07) is 0. The lowest BCUT2D eigenvalue weighted by Crippen LogP contribution is -2.49. The molecule has 0 aromatic carbocycles. The summed E-state index contributed by atoms with van der Waals surface area (Å²) in [5.74, 6) is -3.60. The molecule has 5 nitrogen and oxygen atoms in total. The lowest BCUT2D eigenvalue weighted by Gasteiger charge is -2.28. The molecule has 1 aliphatic carbocycles. The minimum atomic E-state index is -5.08. The van der Waals surface area contributed by atoms with Gasteiger partial charge in [-0.25, -0.2) is 4.79 Å². The molecule has 8 heteroatoms. The Kier molecular flexibility index (Phi) is 5.40.